The zero-order valence-corrected chi connectivity index (χ0v) is 16.0. The van der Waals surface area contributed by atoms with Crippen LogP contribution < -0.4 is 5.32 Å². The maximum atomic E-state index is 12.9. The number of hydrogen-bond acceptors (Lipinski definition) is 3. The summed E-state index contributed by atoms with van der Waals surface area (Å²) in [5, 5.41) is 10.2. The highest BCUT2D eigenvalue weighted by Gasteiger charge is 2.24. The van der Waals surface area contributed by atoms with E-state index in [1.165, 1.54) is 24.8 Å². The summed E-state index contributed by atoms with van der Waals surface area (Å²) in [7, 11) is 0. The molecule has 4 rings (SSSR count). The van der Waals surface area contributed by atoms with Crippen LogP contribution in [-0.4, -0.2) is 40.6 Å². The van der Waals surface area contributed by atoms with E-state index in [2.05, 4.69) is 44.7 Å². The van der Waals surface area contributed by atoms with Gasteiger partial charge in [-0.25, -0.2) is 0 Å². The Bertz CT molecular complexity index is 885. The van der Waals surface area contributed by atoms with Crippen LogP contribution in [0.5, 0.6) is 0 Å². The fraction of sp³-hybridized carbons (Fsp3) is 0.304. The van der Waals surface area contributed by atoms with Gasteiger partial charge in [0.1, 0.15) is 0 Å². The number of carbonyl (C=O) groups is 1. The van der Waals surface area contributed by atoms with Crippen LogP contribution in [0, 0.1) is 0 Å². The normalized spacial score (nSPS) is 15.9. The minimum absolute atomic E-state index is 0.0921. The quantitative estimate of drug-likeness (QED) is 0.685. The molecule has 0 aliphatic carbocycles. The molecule has 5 nitrogen and oxygen atoms in total. The molecule has 1 aromatic heterocycles. The summed E-state index contributed by atoms with van der Waals surface area (Å²) in [5.74, 6) is -0.0921. The Morgan fingerprint density at radius 3 is 2.39 bits per heavy atom. The summed E-state index contributed by atoms with van der Waals surface area (Å²) >= 11 is 0. The summed E-state index contributed by atoms with van der Waals surface area (Å²) in [5.41, 5.74) is 3.55. The van der Waals surface area contributed by atoms with Gasteiger partial charge < -0.3 is 5.32 Å². The van der Waals surface area contributed by atoms with Gasteiger partial charge in [-0.2, -0.15) is 5.10 Å². The van der Waals surface area contributed by atoms with Crippen molar-refractivity contribution in [2.75, 3.05) is 19.6 Å². The van der Waals surface area contributed by atoms with Gasteiger partial charge in [-0.05, 0) is 31.5 Å². The third kappa shape index (κ3) is 4.15. The molecular weight excluding hydrogens is 348 g/mol. The van der Waals surface area contributed by atoms with E-state index in [-0.39, 0.29) is 11.9 Å². The molecule has 3 aromatic rings. The monoisotopic (exact) mass is 374 g/mol. The molecule has 1 fully saturated rings. The first-order valence-corrected chi connectivity index (χ1v) is 9.99. The second-order valence-electron chi connectivity index (χ2n) is 7.26. The molecule has 2 N–H and O–H groups in total. The molecule has 2 aromatic carbocycles. The summed E-state index contributed by atoms with van der Waals surface area (Å²) in [6.07, 6.45) is 5.34. The van der Waals surface area contributed by atoms with Crippen molar-refractivity contribution >= 4 is 5.91 Å². The topological polar surface area (TPSA) is 61.0 Å². The van der Waals surface area contributed by atoms with Gasteiger partial charge in [0.05, 0.1) is 23.5 Å². The first-order chi connectivity index (χ1) is 13.8. The average molecular weight is 374 g/mol. The highest BCUT2D eigenvalue weighted by molar-refractivity contribution is 5.99. The van der Waals surface area contributed by atoms with Crippen LogP contribution >= 0.6 is 0 Å². The maximum absolute atomic E-state index is 12.9. The third-order valence-electron chi connectivity index (χ3n) is 5.42. The predicted molar refractivity (Wildman–Crippen MR) is 111 cm³/mol. The number of aromatic nitrogens is 2. The molecule has 0 spiro atoms. The van der Waals surface area contributed by atoms with Gasteiger partial charge in [0.15, 0.2) is 0 Å². The van der Waals surface area contributed by atoms with Crippen LogP contribution in [0.4, 0.5) is 0 Å². The Morgan fingerprint density at radius 1 is 1.00 bits per heavy atom. The summed E-state index contributed by atoms with van der Waals surface area (Å²) < 4.78 is 0. The van der Waals surface area contributed by atoms with Gasteiger partial charge in [0.2, 0.25) is 0 Å². The Labute approximate surface area is 165 Å². The first-order valence-electron chi connectivity index (χ1n) is 9.99. The van der Waals surface area contributed by atoms with Crippen molar-refractivity contribution in [3.05, 3.63) is 78.0 Å². The molecule has 1 aliphatic heterocycles. The summed E-state index contributed by atoms with van der Waals surface area (Å²) in [6, 6.07) is 20.5. The molecule has 0 bridgehead atoms. The van der Waals surface area contributed by atoms with Crippen LogP contribution in [0.1, 0.15) is 41.2 Å². The molecule has 1 aliphatic rings. The lowest BCUT2D eigenvalue weighted by atomic mass is 10.0. The van der Waals surface area contributed by atoms with Gasteiger partial charge in [0, 0.05) is 12.1 Å². The van der Waals surface area contributed by atoms with Crippen LogP contribution in [0.2, 0.25) is 0 Å². The molecule has 28 heavy (non-hydrogen) atoms. The first kappa shape index (κ1) is 18.4. The second kappa shape index (κ2) is 8.85. The van der Waals surface area contributed by atoms with E-state index in [1.807, 2.05) is 36.4 Å². The highest BCUT2D eigenvalue weighted by Crippen LogP contribution is 2.25. The van der Waals surface area contributed by atoms with Gasteiger partial charge in [0.25, 0.3) is 5.91 Å². The molecule has 0 unspecified atom stereocenters. The third-order valence-corrected chi connectivity index (χ3v) is 5.42. The Morgan fingerprint density at radius 2 is 1.68 bits per heavy atom. The van der Waals surface area contributed by atoms with Crippen molar-refractivity contribution < 1.29 is 4.79 Å². The van der Waals surface area contributed by atoms with Crippen molar-refractivity contribution in [3.63, 3.8) is 0 Å². The van der Waals surface area contributed by atoms with Crippen LogP contribution in [-0.2, 0) is 0 Å². The lowest BCUT2D eigenvalue weighted by Gasteiger charge is -2.35. The number of nitrogens with zero attached hydrogens (tertiary/aromatic N) is 2. The maximum Gasteiger partial charge on any atom is 0.255 e. The lowest BCUT2D eigenvalue weighted by Crippen LogP contribution is -2.40. The molecule has 1 atom stereocenters. The smallest absolute Gasteiger partial charge is 0.255 e. The van der Waals surface area contributed by atoms with E-state index in [1.54, 1.807) is 6.20 Å². The number of benzene rings is 2. The molecule has 1 saturated heterocycles. The van der Waals surface area contributed by atoms with Crippen LogP contribution in [0.15, 0.2) is 66.9 Å². The number of aromatic amines is 1. The Hall–Kier alpha value is -2.92. The fourth-order valence-electron chi connectivity index (χ4n) is 3.93. The Kier molecular flexibility index (Phi) is 5.83. The number of hydrogen-bond donors (Lipinski definition) is 2. The number of nitrogens with one attached hydrogen (secondary N) is 2. The molecule has 144 valence electrons. The van der Waals surface area contributed by atoms with E-state index in [0.717, 1.165) is 24.3 Å². The van der Waals surface area contributed by atoms with E-state index in [4.69, 9.17) is 0 Å². The molecular formula is C23H26N4O. The number of amides is 1. The van der Waals surface area contributed by atoms with Gasteiger partial charge in [-0.15, -0.1) is 0 Å². The SMILES string of the molecule is O=C(NC[C@@H](c1ccccc1)N1CCCCC1)c1cn[nH]c1-c1ccccc1. The van der Waals surface area contributed by atoms with Crippen LogP contribution in [0.3, 0.4) is 0 Å². The van der Waals surface area contributed by atoms with Gasteiger partial charge in [-0.1, -0.05) is 67.1 Å². The minimum atomic E-state index is -0.0921. The van der Waals surface area contributed by atoms with Gasteiger partial charge >= 0.3 is 0 Å². The number of H-pyrrole nitrogens is 1. The van der Waals surface area contributed by atoms with Crippen molar-refractivity contribution in [1.29, 1.82) is 0 Å². The molecule has 0 radical (unpaired) electrons. The van der Waals surface area contributed by atoms with E-state index in [0.29, 0.717) is 12.1 Å². The fourth-order valence-corrected chi connectivity index (χ4v) is 3.93. The molecule has 2 heterocycles. The number of rotatable bonds is 6. The largest absolute Gasteiger partial charge is 0.350 e. The molecule has 1 amide bonds. The lowest BCUT2D eigenvalue weighted by molar-refractivity contribution is 0.0925. The average Bonchev–Trinajstić information content (AvgIpc) is 3.26. The Balaban J connectivity index is 1.50. The van der Waals surface area contributed by atoms with Crippen molar-refractivity contribution in [2.45, 2.75) is 25.3 Å². The summed E-state index contributed by atoms with van der Waals surface area (Å²) in [4.78, 5) is 15.4. The van der Waals surface area contributed by atoms with Crippen LogP contribution in [0.25, 0.3) is 11.3 Å². The second-order valence-corrected chi connectivity index (χ2v) is 7.26. The zero-order valence-electron chi connectivity index (χ0n) is 16.0. The number of piperidine rings is 1. The highest BCUT2D eigenvalue weighted by atomic mass is 16.1. The summed E-state index contributed by atoms with van der Waals surface area (Å²) in [6.45, 7) is 2.75. The standard InChI is InChI=1S/C23H26N4O/c28-23(20-16-25-26-22(20)19-12-6-2-7-13-19)24-17-21(18-10-4-1-5-11-18)27-14-8-3-9-15-27/h1-2,4-7,10-13,16,21H,3,8-9,14-15,17H2,(H,24,28)(H,25,26)/t21-/m0/s1. The van der Waals surface area contributed by atoms with E-state index in [9.17, 15) is 4.79 Å². The molecule has 0 saturated carbocycles. The predicted octanol–water partition coefficient (Wildman–Crippen LogP) is 4.03. The van der Waals surface area contributed by atoms with Crippen molar-refractivity contribution in [2.24, 2.45) is 0 Å². The zero-order chi connectivity index (χ0) is 19.2. The van der Waals surface area contributed by atoms with Crippen molar-refractivity contribution in [3.8, 4) is 11.3 Å². The van der Waals surface area contributed by atoms with E-state index >= 15 is 0 Å². The minimum Gasteiger partial charge on any atom is -0.350 e. The number of carbonyl (C=O) groups excluding carboxylic acids is 1. The van der Waals surface area contributed by atoms with E-state index < -0.39 is 0 Å². The number of likely N-dealkylation sites (tertiary alicyclic amines) is 1. The van der Waals surface area contributed by atoms with Gasteiger partial charge in [-0.3, -0.25) is 14.8 Å². The van der Waals surface area contributed by atoms with Crippen molar-refractivity contribution in [1.82, 2.24) is 20.4 Å². The molecule has 5 heteroatoms.